The van der Waals surface area contributed by atoms with Gasteiger partial charge in [-0.2, -0.15) is 0 Å². The van der Waals surface area contributed by atoms with Gasteiger partial charge >= 0.3 is 5.97 Å². The van der Waals surface area contributed by atoms with Gasteiger partial charge in [-0.3, -0.25) is 0 Å². The van der Waals surface area contributed by atoms with Gasteiger partial charge in [0.25, 0.3) is 0 Å². The van der Waals surface area contributed by atoms with Crippen LogP contribution in [0.2, 0.25) is 0 Å². The second-order valence-electron chi connectivity index (χ2n) is 6.37. The maximum Gasteiger partial charge on any atom is 0.338 e. The number of carbonyl (C=O) groups is 1. The molecule has 2 aromatic rings. The number of rotatable bonds is 7. The van der Waals surface area contributed by atoms with Crippen molar-refractivity contribution in [2.45, 2.75) is 40.3 Å². The maximum atomic E-state index is 11.8. The Morgan fingerprint density at radius 2 is 1.96 bits per heavy atom. The molecule has 0 amide bonds. The lowest BCUT2D eigenvalue weighted by Crippen LogP contribution is -2.28. The van der Waals surface area contributed by atoms with Crippen LogP contribution in [-0.2, 0) is 11.3 Å². The molecule has 5 nitrogen and oxygen atoms in total. The van der Waals surface area contributed by atoms with Crippen molar-refractivity contribution in [3.63, 3.8) is 0 Å². The molecule has 144 valence electrons. The highest BCUT2D eigenvalue weighted by molar-refractivity contribution is 7.80. The molecule has 27 heavy (non-hydrogen) atoms. The first-order valence-electron chi connectivity index (χ1n) is 8.97. The molecule has 0 heterocycles. The van der Waals surface area contributed by atoms with Gasteiger partial charge in [-0.15, -0.1) is 0 Å². The third-order valence-corrected chi connectivity index (χ3v) is 3.96. The van der Waals surface area contributed by atoms with E-state index in [0.717, 1.165) is 22.6 Å². The molecule has 2 N–H and O–H groups in total. The van der Waals surface area contributed by atoms with E-state index in [1.54, 1.807) is 19.1 Å². The second-order valence-corrected chi connectivity index (χ2v) is 6.78. The molecule has 0 saturated carbocycles. The fourth-order valence-corrected chi connectivity index (χ4v) is 2.68. The van der Waals surface area contributed by atoms with E-state index in [0.29, 0.717) is 23.8 Å². The molecule has 2 rings (SSSR count). The molecule has 0 bridgehead atoms. The van der Waals surface area contributed by atoms with Crippen molar-refractivity contribution >= 4 is 29.0 Å². The fourth-order valence-electron chi connectivity index (χ4n) is 2.50. The van der Waals surface area contributed by atoms with E-state index in [1.165, 1.54) is 0 Å². The molecule has 0 aromatic heterocycles. The van der Waals surface area contributed by atoms with E-state index in [2.05, 4.69) is 10.6 Å². The molecule has 0 spiro atoms. The van der Waals surface area contributed by atoms with Crippen molar-refractivity contribution in [3.05, 3.63) is 59.2 Å². The predicted molar refractivity (Wildman–Crippen MR) is 112 cm³/mol. The van der Waals surface area contributed by atoms with Gasteiger partial charge in [-0.25, -0.2) is 4.79 Å². The number of hydrogen-bond donors (Lipinski definition) is 2. The predicted octanol–water partition coefficient (Wildman–Crippen LogP) is 4.45. The fraction of sp³-hybridized carbons (Fsp3) is 0.333. The van der Waals surface area contributed by atoms with Gasteiger partial charge in [0.15, 0.2) is 5.11 Å². The van der Waals surface area contributed by atoms with E-state index in [4.69, 9.17) is 21.7 Å². The van der Waals surface area contributed by atoms with Crippen molar-refractivity contribution < 1.29 is 14.3 Å². The van der Waals surface area contributed by atoms with E-state index in [9.17, 15) is 4.79 Å². The summed E-state index contributed by atoms with van der Waals surface area (Å²) in [6, 6.07) is 13.3. The average molecular weight is 387 g/mol. The molecular weight excluding hydrogens is 360 g/mol. The smallest absolute Gasteiger partial charge is 0.338 e. The Bertz CT molecular complexity index is 806. The lowest BCUT2D eigenvalue weighted by atomic mass is 10.1. The Kier molecular flexibility index (Phi) is 7.61. The first kappa shape index (κ1) is 20.7. The zero-order valence-corrected chi connectivity index (χ0v) is 17.0. The van der Waals surface area contributed by atoms with Gasteiger partial charge in [0.1, 0.15) is 5.75 Å². The Balaban J connectivity index is 1.93. The second kappa shape index (κ2) is 9.92. The summed E-state index contributed by atoms with van der Waals surface area (Å²) in [4.78, 5) is 11.8. The van der Waals surface area contributed by atoms with E-state index >= 15 is 0 Å². The summed E-state index contributed by atoms with van der Waals surface area (Å²) < 4.78 is 10.7. The van der Waals surface area contributed by atoms with Crippen LogP contribution in [0.1, 0.15) is 42.3 Å². The molecule has 0 saturated heterocycles. The molecule has 0 radical (unpaired) electrons. The maximum absolute atomic E-state index is 11.8. The van der Waals surface area contributed by atoms with Crippen LogP contribution in [0, 0.1) is 6.92 Å². The van der Waals surface area contributed by atoms with Gasteiger partial charge < -0.3 is 20.1 Å². The Hall–Kier alpha value is -2.60. The number of thiocarbonyl (C=S) groups is 1. The van der Waals surface area contributed by atoms with Crippen molar-refractivity contribution in [3.8, 4) is 5.75 Å². The van der Waals surface area contributed by atoms with Gasteiger partial charge in [0.2, 0.25) is 0 Å². The highest BCUT2D eigenvalue weighted by Gasteiger charge is 2.09. The van der Waals surface area contributed by atoms with E-state index in [-0.39, 0.29) is 12.1 Å². The number of ether oxygens (including phenoxy) is 2. The highest BCUT2D eigenvalue weighted by Crippen LogP contribution is 2.18. The summed E-state index contributed by atoms with van der Waals surface area (Å²) in [5.41, 5.74) is 3.36. The molecule has 6 heteroatoms. The number of hydrogen-bond acceptors (Lipinski definition) is 4. The average Bonchev–Trinajstić information content (AvgIpc) is 2.61. The molecule has 0 aliphatic carbocycles. The molecule has 2 aromatic carbocycles. The van der Waals surface area contributed by atoms with Gasteiger partial charge in [-0.05, 0) is 81.4 Å². The first-order valence-corrected chi connectivity index (χ1v) is 9.38. The van der Waals surface area contributed by atoms with Crippen LogP contribution >= 0.6 is 12.2 Å². The Labute approximate surface area is 166 Å². The van der Waals surface area contributed by atoms with Crippen LogP contribution in [0.25, 0.3) is 0 Å². The van der Waals surface area contributed by atoms with Crippen LogP contribution in [0.15, 0.2) is 42.5 Å². The zero-order valence-electron chi connectivity index (χ0n) is 16.2. The van der Waals surface area contributed by atoms with Gasteiger partial charge in [-0.1, -0.05) is 12.1 Å². The first-order chi connectivity index (χ1) is 12.9. The zero-order chi connectivity index (χ0) is 19.8. The van der Waals surface area contributed by atoms with Crippen molar-refractivity contribution in [1.82, 2.24) is 5.32 Å². The minimum atomic E-state index is -0.323. The van der Waals surface area contributed by atoms with E-state index in [1.807, 2.05) is 51.1 Å². The number of nitrogens with one attached hydrogen (secondary N) is 2. The summed E-state index contributed by atoms with van der Waals surface area (Å²) in [6.45, 7) is 8.64. The molecule has 0 atom stereocenters. The number of aryl methyl sites for hydroxylation is 1. The van der Waals surface area contributed by atoms with Crippen LogP contribution in [0.4, 0.5) is 5.69 Å². The molecule has 0 unspecified atom stereocenters. The van der Waals surface area contributed by atoms with E-state index < -0.39 is 0 Å². The Morgan fingerprint density at radius 1 is 1.19 bits per heavy atom. The van der Waals surface area contributed by atoms with Crippen molar-refractivity contribution in [2.24, 2.45) is 0 Å². The standard InChI is InChI=1S/C21H26N2O3S/c1-5-25-20(24)17-9-10-19(15(4)11-17)23-21(27)22-13-16-7-6-8-18(12-16)26-14(2)3/h6-12,14H,5,13H2,1-4H3,(H2,22,23,27). The third-order valence-electron chi connectivity index (χ3n) is 3.71. The molecule has 0 fully saturated rings. The topological polar surface area (TPSA) is 59.6 Å². The summed E-state index contributed by atoms with van der Waals surface area (Å²) >= 11 is 5.38. The third kappa shape index (κ3) is 6.57. The van der Waals surface area contributed by atoms with Gasteiger partial charge in [0, 0.05) is 12.2 Å². The lowest BCUT2D eigenvalue weighted by molar-refractivity contribution is 0.0526. The number of carbonyl (C=O) groups excluding carboxylic acids is 1. The summed E-state index contributed by atoms with van der Waals surface area (Å²) in [5, 5.41) is 6.86. The summed E-state index contributed by atoms with van der Waals surface area (Å²) in [7, 11) is 0. The number of anilines is 1. The molecule has 0 aliphatic heterocycles. The highest BCUT2D eigenvalue weighted by atomic mass is 32.1. The molecular formula is C21H26N2O3S. The van der Waals surface area contributed by atoms with Crippen LogP contribution in [-0.4, -0.2) is 23.8 Å². The quantitative estimate of drug-likeness (QED) is 0.542. The van der Waals surface area contributed by atoms with Crippen LogP contribution in [0.5, 0.6) is 5.75 Å². The lowest BCUT2D eigenvalue weighted by Gasteiger charge is -2.14. The largest absolute Gasteiger partial charge is 0.491 e. The minimum Gasteiger partial charge on any atom is -0.491 e. The SMILES string of the molecule is CCOC(=O)c1ccc(NC(=S)NCc2cccc(OC(C)C)c2)c(C)c1. The number of esters is 1. The van der Waals surface area contributed by atoms with Crippen LogP contribution in [0.3, 0.4) is 0 Å². The van der Waals surface area contributed by atoms with Crippen molar-refractivity contribution in [2.75, 3.05) is 11.9 Å². The summed E-state index contributed by atoms with van der Waals surface area (Å²) in [5.74, 6) is 0.518. The van der Waals surface area contributed by atoms with Gasteiger partial charge in [0.05, 0.1) is 18.3 Å². The minimum absolute atomic E-state index is 0.136. The van der Waals surface area contributed by atoms with Crippen molar-refractivity contribution in [1.29, 1.82) is 0 Å². The molecule has 0 aliphatic rings. The summed E-state index contributed by atoms with van der Waals surface area (Å²) in [6.07, 6.45) is 0.136. The normalized spacial score (nSPS) is 10.4. The van der Waals surface area contributed by atoms with Crippen LogP contribution < -0.4 is 15.4 Å². The number of benzene rings is 2. The monoisotopic (exact) mass is 386 g/mol. The Morgan fingerprint density at radius 3 is 2.63 bits per heavy atom.